The third-order valence-electron chi connectivity index (χ3n) is 4.79. The number of thiophene rings is 1. The van der Waals surface area contributed by atoms with Crippen molar-refractivity contribution in [3.63, 3.8) is 0 Å². The Morgan fingerprint density at radius 3 is 2.55 bits per heavy atom. The zero-order chi connectivity index (χ0) is 20.6. The van der Waals surface area contributed by atoms with Gasteiger partial charge in [-0.1, -0.05) is 30.3 Å². The first-order chi connectivity index (χ1) is 13.8. The van der Waals surface area contributed by atoms with Gasteiger partial charge in [-0.3, -0.25) is 4.79 Å². The maximum absolute atomic E-state index is 13.5. The highest BCUT2D eigenvalue weighted by Gasteiger charge is 2.46. The van der Waals surface area contributed by atoms with Crippen molar-refractivity contribution in [2.75, 3.05) is 0 Å². The summed E-state index contributed by atoms with van der Waals surface area (Å²) in [5.74, 6) is -3.13. The second-order valence-electron chi connectivity index (χ2n) is 7.01. The van der Waals surface area contributed by atoms with Crippen molar-refractivity contribution < 1.29 is 27.1 Å². The second-order valence-corrected chi connectivity index (χ2v) is 8.09. The van der Waals surface area contributed by atoms with Crippen LogP contribution in [0.25, 0.3) is 10.1 Å². The van der Waals surface area contributed by atoms with Gasteiger partial charge in [-0.05, 0) is 23.8 Å². The van der Waals surface area contributed by atoms with Crippen LogP contribution in [0, 0.1) is 0 Å². The van der Waals surface area contributed by atoms with E-state index in [9.17, 15) is 22.4 Å². The first kappa shape index (κ1) is 19.7. The van der Waals surface area contributed by atoms with Crippen molar-refractivity contribution in [1.82, 2.24) is 5.32 Å². The van der Waals surface area contributed by atoms with Gasteiger partial charge in [0, 0.05) is 29.0 Å². The van der Waals surface area contributed by atoms with E-state index in [2.05, 4.69) is 5.32 Å². The number of hydrogen-bond acceptors (Lipinski definition) is 3. The lowest BCUT2D eigenvalue weighted by Crippen LogP contribution is -2.50. The molecule has 0 bridgehead atoms. The predicted molar refractivity (Wildman–Crippen MR) is 103 cm³/mol. The molecule has 0 saturated heterocycles. The summed E-state index contributed by atoms with van der Waals surface area (Å²) in [6.45, 7) is 0.289. The summed E-state index contributed by atoms with van der Waals surface area (Å²) in [5.41, 5.74) is 0.774. The highest BCUT2D eigenvalue weighted by molar-refractivity contribution is 7.19. The van der Waals surface area contributed by atoms with Crippen molar-refractivity contribution in [3.8, 4) is 5.75 Å². The van der Waals surface area contributed by atoms with E-state index >= 15 is 0 Å². The molecule has 8 heteroatoms. The van der Waals surface area contributed by atoms with Gasteiger partial charge in [0.2, 0.25) is 0 Å². The molecule has 2 aromatic carbocycles. The lowest BCUT2D eigenvalue weighted by atomic mass is 9.88. The fourth-order valence-electron chi connectivity index (χ4n) is 3.34. The Morgan fingerprint density at radius 1 is 1.17 bits per heavy atom. The lowest BCUT2D eigenvalue weighted by Gasteiger charge is -2.35. The van der Waals surface area contributed by atoms with E-state index in [1.807, 2.05) is 30.3 Å². The monoisotopic (exact) mass is 423 g/mol. The number of carbonyl (C=O) groups is 1. The minimum atomic E-state index is -2.84. The molecule has 1 fully saturated rings. The summed E-state index contributed by atoms with van der Waals surface area (Å²) >= 11 is 0.821. The molecule has 3 aromatic rings. The first-order valence-electron chi connectivity index (χ1n) is 9.02. The van der Waals surface area contributed by atoms with Crippen molar-refractivity contribution in [2.24, 2.45) is 0 Å². The molecule has 0 radical (unpaired) electrons. The van der Waals surface area contributed by atoms with Crippen molar-refractivity contribution >= 4 is 27.3 Å². The predicted octanol–water partition coefficient (Wildman–Crippen LogP) is 5.95. The fourth-order valence-corrected chi connectivity index (χ4v) is 4.37. The van der Waals surface area contributed by atoms with Crippen molar-refractivity contribution in [3.05, 3.63) is 64.5 Å². The number of nitrogens with one attached hydrogen (secondary N) is 1. The van der Waals surface area contributed by atoms with Gasteiger partial charge in [-0.25, -0.2) is 17.6 Å². The van der Waals surface area contributed by atoms with Gasteiger partial charge in [-0.15, -0.1) is 11.3 Å². The number of carbonyl (C=O) groups excluding carboxylic acids is 1. The van der Waals surface area contributed by atoms with E-state index in [1.54, 1.807) is 18.2 Å². The Morgan fingerprint density at radius 2 is 1.90 bits per heavy atom. The van der Waals surface area contributed by atoms with E-state index in [1.165, 1.54) is 0 Å². The van der Waals surface area contributed by atoms with Gasteiger partial charge >= 0.3 is 0 Å². The Labute approximate surface area is 168 Å². The highest BCUT2D eigenvalue weighted by Crippen LogP contribution is 2.41. The zero-order valence-electron chi connectivity index (χ0n) is 15.1. The molecule has 4 rings (SSSR count). The molecule has 1 saturated carbocycles. The molecule has 1 aliphatic rings. The highest BCUT2D eigenvalue weighted by atomic mass is 32.1. The summed E-state index contributed by atoms with van der Waals surface area (Å²) < 4.78 is 59.4. The number of fused-ring (bicyclic) bond motifs is 1. The van der Waals surface area contributed by atoms with Crippen molar-refractivity contribution in [2.45, 2.75) is 37.8 Å². The van der Waals surface area contributed by atoms with Crippen LogP contribution in [-0.4, -0.2) is 17.9 Å². The van der Waals surface area contributed by atoms with Crippen LogP contribution >= 0.6 is 11.3 Å². The minimum absolute atomic E-state index is 0.166. The molecule has 3 nitrogen and oxygen atoms in total. The van der Waals surface area contributed by atoms with Crippen LogP contribution in [0.5, 0.6) is 5.75 Å². The van der Waals surface area contributed by atoms with Gasteiger partial charge in [0.15, 0.2) is 0 Å². The molecule has 0 spiro atoms. The topological polar surface area (TPSA) is 38.3 Å². The van der Waals surface area contributed by atoms with Crippen molar-refractivity contribution in [1.29, 1.82) is 0 Å². The summed E-state index contributed by atoms with van der Waals surface area (Å²) in [6, 6.07) is 13.5. The molecule has 29 heavy (non-hydrogen) atoms. The Balaban J connectivity index is 1.60. The van der Waals surface area contributed by atoms with E-state index in [0.717, 1.165) is 16.9 Å². The average Bonchev–Trinajstić information content (AvgIpc) is 3.05. The van der Waals surface area contributed by atoms with Gasteiger partial charge in [0.05, 0.1) is 10.4 Å². The second kappa shape index (κ2) is 7.67. The normalized spacial score (nSPS) is 16.0. The molecule has 0 aliphatic heterocycles. The van der Waals surface area contributed by atoms with E-state index < -0.39 is 37.1 Å². The SMILES string of the molecule is O=C(NC1CC(F)(F)C1)c1c(C(F)F)sc2ccc(OCc3ccccc3)cc12. The minimum Gasteiger partial charge on any atom is -0.489 e. The maximum Gasteiger partial charge on any atom is 0.273 e. The standard InChI is InChI=1S/C21H17F4NO2S/c22-19(23)18-17(20(27)26-13-9-21(24,25)10-13)15-8-14(6-7-16(15)29-18)28-11-12-4-2-1-3-5-12/h1-8,13,19H,9-11H2,(H,26,27). The first-order valence-corrected chi connectivity index (χ1v) is 9.84. The molecular weight excluding hydrogens is 406 g/mol. The molecule has 1 N–H and O–H groups in total. The fraction of sp³-hybridized carbons (Fsp3) is 0.286. The van der Waals surface area contributed by atoms with Crippen LogP contribution in [0.2, 0.25) is 0 Å². The molecule has 0 atom stereocenters. The number of alkyl halides is 4. The lowest BCUT2D eigenvalue weighted by molar-refractivity contribution is -0.0901. The number of halogens is 4. The molecule has 1 heterocycles. The van der Waals surface area contributed by atoms with Gasteiger partial charge < -0.3 is 10.1 Å². The molecule has 1 aliphatic carbocycles. The summed E-state index contributed by atoms with van der Waals surface area (Å²) in [5, 5.41) is 2.79. The summed E-state index contributed by atoms with van der Waals surface area (Å²) in [7, 11) is 0. The number of amides is 1. The van der Waals surface area contributed by atoms with Gasteiger partial charge in [0.1, 0.15) is 12.4 Å². The number of benzene rings is 2. The third-order valence-corrected chi connectivity index (χ3v) is 5.96. The maximum atomic E-state index is 13.5. The molecule has 1 amide bonds. The smallest absolute Gasteiger partial charge is 0.273 e. The van der Waals surface area contributed by atoms with E-state index in [4.69, 9.17) is 4.74 Å². The quantitative estimate of drug-likeness (QED) is 0.498. The van der Waals surface area contributed by atoms with Crippen LogP contribution in [0.4, 0.5) is 17.6 Å². The van der Waals surface area contributed by atoms with Gasteiger partial charge in [0.25, 0.3) is 18.3 Å². The molecule has 152 valence electrons. The van der Waals surface area contributed by atoms with E-state index in [0.29, 0.717) is 15.8 Å². The number of ether oxygens (including phenoxy) is 1. The zero-order valence-corrected chi connectivity index (χ0v) is 15.9. The molecular formula is C21H17F4NO2S. The van der Waals surface area contributed by atoms with E-state index in [-0.39, 0.29) is 17.0 Å². The Kier molecular flexibility index (Phi) is 5.21. The third kappa shape index (κ3) is 4.22. The molecule has 1 aromatic heterocycles. The number of rotatable bonds is 6. The van der Waals surface area contributed by atoms with Crippen LogP contribution < -0.4 is 10.1 Å². The molecule has 0 unspecified atom stereocenters. The average molecular weight is 423 g/mol. The Hall–Kier alpha value is -2.61. The van der Waals surface area contributed by atoms with Crippen LogP contribution in [0.3, 0.4) is 0 Å². The van der Waals surface area contributed by atoms with Crippen LogP contribution in [0.1, 0.15) is 40.1 Å². The summed E-state index contributed by atoms with van der Waals surface area (Å²) in [4.78, 5) is 12.3. The van der Waals surface area contributed by atoms with Crippen LogP contribution in [-0.2, 0) is 6.61 Å². The Bertz CT molecular complexity index is 1030. The van der Waals surface area contributed by atoms with Crippen LogP contribution in [0.15, 0.2) is 48.5 Å². The number of hydrogen-bond donors (Lipinski definition) is 1. The summed E-state index contributed by atoms with van der Waals surface area (Å²) in [6.07, 6.45) is -3.79. The largest absolute Gasteiger partial charge is 0.489 e. The van der Waals surface area contributed by atoms with Gasteiger partial charge in [-0.2, -0.15) is 0 Å².